The molecule has 1 aromatic heterocycles. The molecule has 5 heteroatoms. The number of nitrogens with two attached hydrogens (primary N) is 1. The van der Waals surface area contributed by atoms with Crippen molar-refractivity contribution in [2.75, 3.05) is 13.2 Å². The number of thiazole rings is 1. The van der Waals surface area contributed by atoms with Crippen molar-refractivity contribution in [2.45, 2.75) is 18.4 Å². The first-order valence-corrected chi connectivity index (χ1v) is 6.81. The van der Waals surface area contributed by atoms with E-state index in [9.17, 15) is 0 Å². The first-order chi connectivity index (χ1) is 8.19. The number of nitrogens with zero attached hydrogens (tertiary/aromatic N) is 1. The summed E-state index contributed by atoms with van der Waals surface area (Å²) in [6.07, 6.45) is 1.65. The lowest BCUT2D eigenvalue weighted by molar-refractivity contribution is 0.0522. The summed E-state index contributed by atoms with van der Waals surface area (Å²) in [6.45, 7) is 1.42. The third kappa shape index (κ3) is 1.95. The van der Waals surface area contributed by atoms with Crippen LogP contribution in [-0.4, -0.2) is 18.2 Å². The molecule has 17 heavy (non-hydrogen) atoms. The Kier molecular flexibility index (Phi) is 2.83. The Morgan fingerprint density at radius 1 is 1.35 bits per heavy atom. The Morgan fingerprint density at radius 3 is 2.82 bits per heavy atom. The van der Waals surface area contributed by atoms with Crippen molar-refractivity contribution in [2.24, 2.45) is 5.73 Å². The SMILES string of the molecule is NC1(c2nc3cccc(Cl)c3s2)CCOCC1. The largest absolute Gasteiger partial charge is 0.381 e. The Balaban J connectivity index is 2.08. The third-order valence-corrected chi connectivity index (χ3v) is 4.93. The highest BCUT2D eigenvalue weighted by molar-refractivity contribution is 7.19. The molecule has 90 valence electrons. The molecule has 2 aromatic rings. The zero-order chi connectivity index (χ0) is 11.9. The van der Waals surface area contributed by atoms with Crippen molar-refractivity contribution in [3.8, 4) is 0 Å². The summed E-state index contributed by atoms with van der Waals surface area (Å²) in [7, 11) is 0. The number of hydrogen-bond donors (Lipinski definition) is 1. The van der Waals surface area contributed by atoms with E-state index in [0.717, 1.165) is 33.1 Å². The monoisotopic (exact) mass is 268 g/mol. The third-order valence-electron chi connectivity index (χ3n) is 3.18. The van der Waals surface area contributed by atoms with Crippen molar-refractivity contribution < 1.29 is 4.74 Å². The van der Waals surface area contributed by atoms with E-state index in [1.165, 1.54) is 0 Å². The number of ether oxygens (including phenoxy) is 1. The minimum absolute atomic E-state index is 0.342. The molecule has 0 atom stereocenters. The van der Waals surface area contributed by atoms with Crippen LogP contribution in [0.5, 0.6) is 0 Å². The second-order valence-electron chi connectivity index (χ2n) is 4.38. The van der Waals surface area contributed by atoms with E-state index in [-0.39, 0.29) is 5.54 Å². The van der Waals surface area contributed by atoms with Gasteiger partial charge in [0.2, 0.25) is 0 Å². The number of rotatable bonds is 1. The van der Waals surface area contributed by atoms with Gasteiger partial charge in [-0.2, -0.15) is 0 Å². The van der Waals surface area contributed by atoms with E-state index in [0.29, 0.717) is 13.2 Å². The highest BCUT2D eigenvalue weighted by Gasteiger charge is 2.33. The average molecular weight is 269 g/mol. The van der Waals surface area contributed by atoms with Crippen molar-refractivity contribution in [3.05, 3.63) is 28.2 Å². The molecule has 0 aliphatic carbocycles. The molecule has 0 unspecified atom stereocenters. The van der Waals surface area contributed by atoms with Crippen LogP contribution in [0.25, 0.3) is 10.2 Å². The Labute approximate surface area is 109 Å². The average Bonchev–Trinajstić information content (AvgIpc) is 2.76. The summed E-state index contributed by atoms with van der Waals surface area (Å²) in [6, 6.07) is 5.78. The summed E-state index contributed by atoms with van der Waals surface area (Å²) in [4.78, 5) is 4.62. The number of halogens is 1. The summed E-state index contributed by atoms with van der Waals surface area (Å²) < 4.78 is 6.38. The lowest BCUT2D eigenvalue weighted by atomic mass is 9.92. The standard InChI is InChI=1S/C12H13ClN2OS/c13-8-2-1-3-9-10(8)17-11(15-9)12(14)4-6-16-7-5-12/h1-3H,4-7,14H2. The molecule has 1 saturated heterocycles. The molecule has 0 radical (unpaired) electrons. The van der Waals surface area contributed by atoms with Crippen LogP contribution >= 0.6 is 22.9 Å². The maximum absolute atomic E-state index is 6.42. The quantitative estimate of drug-likeness (QED) is 0.865. The first-order valence-electron chi connectivity index (χ1n) is 5.61. The lowest BCUT2D eigenvalue weighted by Gasteiger charge is -2.31. The Hall–Kier alpha value is -0.680. The van der Waals surface area contributed by atoms with Gasteiger partial charge in [-0.15, -0.1) is 11.3 Å². The van der Waals surface area contributed by atoms with E-state index in [2.05, 4.69) is 4.98 Å². The van der Waals surface area contributed by atoms with Gasteiger partial charge < -0.3 is 10.5 Å². The smallest absolute Gasteiger partial charge is 0.114 e. The highest BCUT2D eigenvalue weighted by atomic mass is 35.5. The molecular formula is C12H13ClN2OS. The summed E-state index contributed by atoms with van der Waals surface area (Å²) in [5, 5.41) is 1.73. The van der Waals surface area contributed by atoms with Crippen molar-refractivity contribution in [1.82, 2.24) is 4.98 Å². The van der Waals surface area contributed by atoms with Crippen molar-refractivity contribution in [1.29, 1.82) is 0 Å². The van der Waals surface area contributed by atoms with Gasteiger partial charge in [-0.05, 0) is 25.0 Å². The van der Waals surface area contributed by atoms with E-state index < -0.39 is 0 Å². The predicted octanol–water partition coefficient (Wildman–Crippen LogP) is 2.91. The van der Waals surface area contributed by atoms with Crippen LogP contribution in [0.1, 0.15) is 17.8 Å². The Bertz CT molecular complexity index is 548. The zero-order valence-corrected chi connectivity index (χ0v) is 10.9. The van der Waals surface area contributed by atoms with Gasteiger partial charge in [0.25, 0.3) is 0 Å². The van der Waals surface area contributed by atoms with Crippen LogP contribution < -0.4 is 5.73 Å². The molecule has 0 saturated carbocycles. The van der Waals surface area contributed by atoms with Crippen LogP contribution in [-0.2, 0) is 10.3 Å². The van der Waals surface area contributed by atoms with Crippen LogP contribution in [0.3, 0.4) is 0 Å². The number of fused-ring (bicyclic) bond motifs is 1. The minimum atomic E-state index is -0.342. The second-order valence-corrected chi connectivity index (χ2v) is 5.78. The van der Waals surface area contributed by atoms with Gasteiger partial charge in [-0.25, -0.2) is 4.98 Å². The summed E-state index contributed by atoms with van der Waals surface area (Å²) in [5.74, 6) is 0. The molecule has 2 heterocycles. The lowest BCUT2D eigenvalue weighted by Crippen LogP contribution is -2.42. The van der Waals surface area contributed by atoms with Gasteiger partial charge in [0.15, 0.2) is 0 Å². The van der Waals surface area contributed by atoms with E-state index in [4.69, 9.17) is 22.1 Å². The van der Waals surface area contributed by atoms with Gasteiger partial charge >= 0.3 is 0 Å². The minimum Gasteiger partial charge on any atom is -0.381 e. The second kappa shape index (κ2) is 4.21. The summed E-state index contributed by atoms with van der Waals surface area (Å²) in [5.41, 5.74) is 7.02. The highest BCUT2D eigenvalue weighted by Crippen LogP contribution is 2.37. The maximum atomic E-state index is 6.42. The number of hydrogen-bond acceptors (Lipinski definition) is 4. The fourth-order valence-corrected chi connectivity index (χ4v) is 3.49. The van der Waals surface area contributed by atoms with Gasteiger partial charge in [-0.1, -0.05) is 17.7 Å². The van der Waals surface area contributed by atoms with Crippen LogP contribution in [0, 0.1) is 0 Å². The van der Waals surface area contributed by atoms with Crippen LogP contribution in [0.2, 0.25) is 5.02 Å². The molecular weight excluding hydrogens is 256 g/mol. The molecule has 0 bridgehead atoms. The van der Waals surface area contributed by atoms with Gasteiger partial charge in [-0.3, -0.25) is 0 Å². The summed E-state index contributed by atoms with van der Waals surface area (Å²) >= 11 is 7.77. The van der Waals surface area contributed by atoms with Crippen molar-refractivity contribution in [3.63, 3.8) is 0 Å². The molecule has 1 aliphatic rings. The molecule has 1 fully saturated rings. The zero-order valence-electron chi connectivity index (χ0n) is 9.28. The predicted molar refractivity (Wildman–Crippen MR) is 70.5 cm³/mol. The van der Waals surface area contributed by atoms with Crippen LogP contribution in [0.15, 0.2) is 18.2 Å². The topological polar surface area (TPSA) is 48.1 Å². The van der Waals surface area contributed by atoms with Crippen molar-refractivity contribution >= 4 is 33.2 Å². The normalized spacial score (nSPS) is 19.6. The Morgan fingerprint density at radius 2 is 2.12 bits per heavy atom. The van der Waals surface area contributed by atoms with Crippen LogP contribution in [0.4, 0.5) is 0 Å². The first kappa shape index (κ1) is 11.4. The van der Waals surface area contributed by atoms with E-state index in [1.807, 2.05) is 18.2 Å². The number of benzene rings is 1. The van der Waals surface area contributed by atoms with E-state index in [1.54, 1.807) is 11.3 Å². The van der Waals surface area contributed by atoms with E-state index >= 15 is 0 Å². The molecule has 3 rings (SSSR count). The molecule has 0 spiro atoms. The molecule has 0 amide bonds. The fraction of sp³-hybridized carbons (Fsp3) is 0.417. The molecule has 1 aromatic carbocycles. The molecule has 3 nitrogen and oxygen atoms in total. The maximum Gasteiger partial charge on any atom is 0.114 e. The van der Waals surface area contributed by atoms with Gasteiger partial charge in [0.1, 0.15) is 5.01 Å². The molecule has 2 N–H and O–H groups in total. The van der Waals surface area contributed by atoms with Gasteiger partial charge in [0.05, 0.1) is 20.8 Å². The number of aromatic nitrogens is 1. The molecule has 1 aliphatic heterocycles. The fourth-order valence-electron chi connectivity index (χ4n) is 2.08. The van der Waals surface area contributed by atoms with Gasteiger partial charge in [0, 0.05) is 13.2 Å².